The van der Waals surface area contributed by atoms with Gasteiger partial charge in [0.25, 0.3) is 0 Å². The highest BCUT2D eigenvalue weighted by atomic mass is 28.3. The molecule has 0 aromatic heterocycles. The summed E-state index contributed by atoms with van der Waals surface area (Å²) < 4.78 is 5.27. The topological polar surface area (TPSA) is 9.23 Å². The summed E-state index contributed by atoms with van der Waals surface area (Å²) in [4.78, 5) is 0. The summed E-state index contributed by atoms with van der Waals surface area (Å²) in [5, 5.41) is 1.46. The van der Waals surface area contributed by atoms with Crippen molar-refractivity contribution in [2.45, 2.75) is 6.92 Å². The number of rotatable bonds is 2. The minimum absolute atomic E-state index is 0.344. The highest BCUT2D eigenvalue weighted by molar-refractivity contribution is 6.43. The van der Waals surface area contributed by atoms with E-state index in [1.165, 1.54) is 10.8 Å². The van der Waals surface area contributed by atoms with Gasteiger partial charge in [-0.05, 0) is 12.5 Å². The van der Waals surface area contributed by atoms with Crippen LogP contribution < -0.4 is 0 Å². The molecule has 10 heavy (non-hydrogen) atoms. The Morgan fingerprint density at radius 1 is 1.50 bits per heavy atom. The van der Waals surface area contributed by atoms with E-state index in [0.717, 1.165) is 10.5 Å². The maximum atomic E-state index is 5.27. The molecule has 0 heterocycles. The van der Waals surface area contributed by atoms with Gasteiger partial charge in [0.15, 0.2) is 9.76 Å². The quantitative estimate of drug-likeness (QED) is 0.518. The molecule has 0 spiro atoms. The van der Waals surface area contributed by atoms with Gasteiger partial charge < -0.3 is 4.12 Å². The van der Waals surface area contributed by atoms with Gasteiger partial charge in [-0.3, -0.25) is 0 Å². The third kappa shape index (κ3) is 1.80. The molecule has 54 valence electrons. The van der Waals surface area contributed by atoms with Gasteiger partial charge in [0.05, 0.1) is 0 Å². The molecule has 0 aromatic carbocycles. The van der Waals surface area contributed by atoms with Gasteiger partial charge in [-0.25, -0.2) is 0 Å². The van der Waals surface area contributed by atoms with Crippen molar-refractivity contribution in [2.24, 2.45) is 0 Å². The first kappa shape index (κ1) is 7.72. The molecule has 1 aliphatic carbocycles. The van der Waals surface area contributed by atoms with E-state index in [1.807, 2.05) is 0 Å². The second-order valence-electron chi connectivity index (χ2n) is 2.39. The molecular weight excluding hydrogens is 156 g/mol. The Kier molecular flexibility index (Phi) is 2.86. The minimum atomic E-state index is -0.344. The van der Waals surface area contributed by atoms with E-state index in [9.17, 15) is 0 Å². The van der Waals surface area contributed by atoms with Gasteiger partial charge in [-0.15, -0.1) is 0 Å². The summed E-state index contributed by atoms with van der Waals surface area (Å²) in [5.74, 6) is 0. The van der Waals surface area contributed by atoms with Crippen LogP contribution in [0.3, 0.4) is 0 Å². The lowest BCUT2D eigenvalue weighted by molar-refractivity contribution is 0.671. The average Bonchev–Trinajstić information content (AvgIpc) is 2.38. The van der Waals surface area contributed by atoms with E-state index in [4.69, 9.17) is 4.12 Å². The number of hydrogen-bond acceptors (Lipinski definition) is 1. The SMILES string of the molecule is CC([SiH2]O[SiH3])=C1C=CC=C1. The lowest BCUT2D eigenvalue weighted by Crippen LogP contribution is -1.98. The van der Waals surface area contributed by atoms with Crippen molar-refractivity contribution >= 4 is 20.2 Å². The van der Waals surface area contributed by atoms with Crippen molar-refractivity contribution in [2.75, 3.05) is 0 Å². The zero-order valence-corrected chi connectivity index (χ0v) is 9.84. The summed E-state index contributed by atoms with van der Waals surface area (Å²) in [6.45, 7) is 2.17. The Morgan fingerprint density at radius 2 is 2.10 bits per heavy atom. The first-order valence-electron chi connectivity index (χ1n) is 3.38. The van der Waals surface area contributed by atoms with E-state index in [1.54, 1.807) is 0 Å². The van der Waals surface area contributed by atoms with Gasteiger partial charge in [0.2, 0.25) is 0 Å². The van der Waals surface area contributed by atoms with Crippen LogP contribution in [0, 0.1) is 0 Å². The van der Waals surface area contributed by atoms with E-state index < -0.39 is 0 Å². The fourth-order valence-corrected chi connectivity index (χ4v) is 3.09. The molecule has 0 aliphatic heterocycles. The standard InChI is InChI=1S/C7H12OSi2/c1-6(10-8-9)7-4-2-3-5-7/h2-5H,10H2,1,9H3. The van der Waals surface area contributed by atoms with Gasteiger partial charge in [0, 0.05) is 0 Å². The Balaban J connectivity index is 2.65. The molecule has 1 aliphatic rings. The van der Waals surface area contributed by atoms with Gasteiger partial charge in [0.1, 0.15) is 10.5 Å². The summed E-state index contributed by atoms with van der Waals surface area (Å²) in [5.41, 5.74) is 1.36. The largest absolute Gasteiger partial charge is 0.465 e. The number of hydrogen-bond donors (Lipinski definition) is 0. The highest BCUT2D eigenvalue weighted by Gasteiger charge is 1.97. The maximum absolute atomic E-state index is 5.27. The Hall–Kier alpha value is -0.386. The highest BCUT2D eigenvalue weighted by Crippen LogP contribution is 2.11. The first-order chi connectivity index (χ1) is 4.84. The van der Waals surface area contributed by atoms with Crippen molar-refractivity contribution in [1.29, 1.82) is 0 Å². The predicted molar refractivity (Wildman–Crippen MR) is 50.5 cm³/mol. The maximum Gasteiger partial charge on any atom is 0.174 e. The Bertz CT molecular complexity index is 190. The van der Waals surface area contributed by atoms with Crippen LogP contribution in [0.25, 0.3) is 0 Å². The van der Waals surface area contributed by atoms with Crippen LogP contribution in [-0.4, -0.2) is 20.2 Å². The van der Waals surface area contributed by atoms with Crippen molar-refractivity contribution in [3.8, 4) is 0 Å². The van der Waals surface area contributed by atoms with Crippen LogP contribution in [0.5, 0.6) is 0 Å². The van der Waals surface area contributed by atoms with Crippen LogP contribution in [-0.2, 0) is 4.12 Å². The summed E-state index contributed by atoms with van der Waals surface area (Å²) >= 11 is 0. The summed E-state index contributed by atoms with van der Waals surface area (Å²) in [6, 6.07) is 0. The van der Waals surface area contributed by atoms with E-state index >= 15 is 0 Å². The lowest BCUT2D eigenvalue weighted by atomic mass is 10.3. The second-order valence-corrected chi connectivity index (χ2v) is 6.05. The molecule has 1 rings (SSSR count). The van der Waals surface area contributed by atoms with E-state index in [0.29, 0.717) is 0 Å². The zero-order valence-electron chi connectivity index (χ0n) is 6.42. The third-order valence-electron chi connectivity index (χ3n) is 1.52. The molecule has 0 atom stereocenters. The first-order valence-corrected chi connectivity index (χ1v) is 5.48. The van der Waals surface area contributed by atoms with Crippen molar-refractivity contribution < 1.29 is 4.12 Å². The Morgan fingerprint density at radius 3 is 2.60 bits per heavy atom. The summed E-state index contributed by atoms with van der Waals surface area (Å²) in [6.07, 6.45) is 8.42. The van der Waals surface area contributed by atoms with Crippen molar-refractivity contribution in [3.05, 3.63) is 35.1 Å². The molecule has 0 unspecified atom stereocenters. The molecule has 0 saturated heterocycles. The Labute approximate surface area is 67.0 Å². The van der Waals surface area contributed by atoms with Crippen LogP contribution in [0.2, 0.25) is 0 Å². The molecule has 0 bridgehead atoms. The molecule has 0 aromatic rings. The smallest absolute Gasteiger partial charge is 0.174 e. The van der Waals surface area contributed by atoms with Crippen LogP contribution in [0.1, 0.15) is 6.92 Å². The second kappa shape index (κ2) is 3.70. The summed E-state index contributed by atoms with van der Waals surface area (Å²) in [7, 11) is 0.543. The lowest BCUT2D eigenvalue weighted by Gasteiger charge is -1.99. The fraction of sp³-hybridized carbons (Fsp3) is 0.143. The molecule has 0 fully saturated rings. The minimum Gasteiger partial charge on any atom is -0.465 e. The van der Waals surface area contributed by atoms with Gasteiger partial charge >= 0.3 is 0 Å². The normalized spacial score (nSPS) is 16.3. The van der Waals surface area contributed by atoms with Gasteiger partial charge in [-0.2, -0.15) is 0 Å². The molecule has 3 heteroatoms. The van der Waals surface area contributed by atoms with Crippen LogP contribution >= 0.6 is 0 Å². The third-order valence-corrected chi connectivity index (χ3v) is 3.51. The molecule has 1 nitrogen and oxygen atoms in total. The molecule has 0 saturated carbocycles. The number of allylic oxidation sites excluding steroid dienone is 6. The monoisotopic (exact) mass is 168 g/mol. The van der Waals surface area contributed by atoms with Crippen LogP contribution in [0.4, 0.5) is 0 Å². The van der Waals surface area contributed by atoms with Gasteiger partial charge in [-0.1, -0.05) is 29.5 Å². The average molecular weight is 168 g/mol. The van der Waals surface area contributed by atoms with E-state index in [2.05, 4.69) is 31.2 Å². The molecular formula is C7H12OSi2. The van der Waals surface area contributed by atoms with Crippen molar-refractivity contribution in [3.63, 3.8) is 0 Å². The predicted octanol–water partition coefficient (Wildman–Crippen LogP) is -0.233. The molecule has 0 amide bonds. The van der Waals surface area contributed by atoms with E-state index in [-0.39, 0.29) is 9.76 Å². The van der Waals surface area contributed by atoms with Crippen LogP contribution in [0.15, 0.2) is 35.1 Å². The zero-order chi connectivity index (χ0) is 7.40. The molecule has 0 N–H and O–H groups in total. The fourth-order valence-electron chi connectivity index (χ4n) is 0.958. The molecule has 0 radical (unpaired) electrons. The van der Waals surface area contributed by atoms with Crippen molar-refractivity contribution in [1.82, 2.24) is 0 Å².